The molecule has 4 heteroatoms. The van der Waals surface area contributed by atoms with Gasteiger partial charge in [0, 0.05) is 25.3 Å². The van der Waals surface area contributed by atoms with Gasteiger partial charge in [-0.3, -0.25) is 0 Å². The van der Waals surface area contributed by atoms with Gasteiger partial charge in [0.2, 0.25) is 0 Å². The van der Waals surface area contributed by atoms with Crippen LogP contribution in [0.2, 0.25) is 5.02 Å². The van der Waals surface area contributed by atoms with Gasteiger partial charge in [0.15, 0.2) is 0 Å². The van der Waals surface area contributed by atoms with Gasteiger partial charge in [-0.25, -0.2) is 4.98 Å². The van der Waals surface area contributed by atoms with E-state index in [0.29, 0.717) is 23.5 Å². The molecular weight excluding hydrogens is 210 g/mol. The minimum atomic E-state index is 0.415. The molecule has 2 heterocycles. The van der Waals surface area contributed by atoms with Crippen molar-refractivity contribution in [2.75, 3.05) is 18.0 Å². The minimum absolute atomic E-state index is 0.415. The van der Waals surface area contributed by atoms with Crippen molar-refractivity contribution >= 4 is 17.4 Å². The molecule has 0 amide bonds. The predicted molar refractivity (Wildman–Crippen MR) is 63.2 cm³/mol. The van der Waals surface area contributed by atoms with Gasteiger partial charge in [-0.15, -0.1) is 0 Å². The van der Waals surface area contributed by atoms with Crippen LogP contribution >= 0.6 is 11.6 Å². The molecule has 2 atom stereocenters. The molecule has 82 valence electrons. The van der Waals surface area contributed by atoms with E-state index < -0.39 is 0 Å². The number of anilines is 1. The van der Waals surface area contributed by atoms with E-state index in [9.17, 15) is 0 Å². The van der Waals surface area contributed by atoms with E-state index in [2.05, 4.69) is 16.8 Å². The number of hydrogen-bond donors (Lipinski definition) is 1. The Morgan fingerprint density at radius 1 is 1.60 bits per heavy atom. The normalized spacial score (nSPS) is 25.9. The number of nitrogens with two attached hydrogens (primary N) is 1. The predicted octanol–water partition coefficient (Wildman–Crippen LogP) is 1.91. The Morgan fingerprint density at radius 2 is 2.40 bits per heavy atom. The summed E-state index contributed by atoms with van der Waals surface area (Å²) >= 11 is 5.81. The Labute approximate surface area is 95.2 Å². The van der Waals surface area contributed by atoms with Crippen LogP contribution in [0.15, 0.2) is 18.3 Å². The molecule has 0 aromatic carbocycles. The Bertz CT molecular complexity index is 325. The van der Waals surface area contributed by atoms with Crippen LogP contribution in [0.4, 0.5) is 5.82 Å². The molecule has 0 aliphatic carbocycles. The molecule has 0 radical (unpaired) electrons. The van der Waals surface area contributed by atoms with E-state index >= 15 is 0 Å². The second-order valence-electron chi connectivity index (χ2n) is 4.10. The number of aromatic nitrogens is 1. The van der Waals surface area contributed by atoms with Crippen LogP contribution in [0.25, 0.3) is 0 Å². The summed E-state index contributed by atoms with van der Waals surface area (Å²) in [5.41, 5.74) is 5.79. The van der Waals surface area contributed by atoms with Gasteiger partial charge in [0.25, 0.3) is 0 Å². The van der Waals surface area contributed by atoms with Crippen molar-refractivity contribution < 1.29 is 0 Å². The molecule has 0 bridgehead atoms. The van der Waals surface area contributed by atoms with E-state index in [1.165, 1.54) is 6.42 Å². The van der Waals surface area contributed by atoms with E-state index in [0.717, 1.165) is 12.4 Å². The SMILES string of the molecule is CC1CCN(c2ccc(Cl)cn2)C1CN. The number of pyridine rings is 1. The highest BCUT2D eigenvalue weighted by Gasteiger charge is 2.30. The first-order valence-electron chi connectivity index (χ1n) is 5.30. The maximum absolute atomic E-state index is 5.81. The Morgan fingerprint density at radius 3 is 3.00 bits per heavy atom. The smallest absolute Gasteiger partial charge is 0.128 e. The summed E-state index contributed by atoms with van der Waals surface area (Å²) in [6, 6.07) is 4.25. The average Bonchev–Trinajstić information content (AvgIpc) is 2.61. The number of hydrogen-bond acceptors (Lipinski definition) is 3. The fraction of sp³-hybridized carbons (Fsp3) is 0.545. The lowest BCUT2D eigenvalue weighted by Gasteiger charge is -2.26. The lowest BCUT2D eigenvalue weighted by Crippen LogP contribution is -2.38. The van der Waals surface area contributed by atoms with E-state index in [1.807, 2.05) is 12.1 Å². The second kappa shape index (κ2) is 4.37. The molecule has 1 aliphatic rings. The summed E-state index contributed by atoms with van der Waals surface area (Å²) in [7, 11) is 0. The van der Waals surface area contributed by atoms with Gasteiger partial charge in [-0.1, -0.05) is 18.5 Å². The molecule has 0 spiro atoms. The van der Waals surface area contributed by atoms with Crippen molar-refractivity contribution in [2.45, 2.75) is 19.4 Å². The Balaban J connectivity index is 2.20. The molecule has 1 saturated heterocycles. The maximum Gasteiger partial charge on any atom is 0.128 e. The largest absolute Gasteiger partial charge is 0.352 e. The highest BCUT2D eigenvalue weighted by Crippen LogP contribution is 2.28. The van der Waals surface area contributed by atoms with Crippen LogP contribution < -0.4 is 10.6 Å². The fourth-order valence-corrected chi connectivity index (χ4v) is 2.30. The lowest BCUT2D eigenvalue weighted by atomic mass is 10.0. The zero-order valence-corrected chi connectivity index (χ0v) is 9.61. The van der Waals surface area contributed by atoms with Crippen LogP contribution in [0, 0.1) is 5.92 Å². The van der Waals surface area contributed by atoms with Crippen molar-refractivity contribution in [3.8, 4) is 0 Å². The quantitative estimate of drug-likeness (QED) is 0.836. The number of halogens is 1. The molecule has 2 N–H and O–H groups in total. The zero-order valence-electron chi connectivity index (χ0n) is 8.86. The van der Waals surface area contributed by atoms with Gasteiger partial charge < -0.3 is 10.6 Å². The molecule has 15 heavy (non-hydrogen) atoms. The first-order chi connectivity index (χ1) is 7.22. The molecule has 2 unspecified atom stereocenters. The Kier molecular flexibility index (Phi) is 3.12. The lowest BCUT2D eigenvalue weighted by molar-refractivity contribution is 0.517. The van der Waals surface area contributed by atoms with Crippen molar-refractivity contribution in [1.29, 1.82) is 0 Å². The molecule has 2 rings (SSSR count). The summed E-state index contributed by atoms with van der Waals surface area (Å²) in [5, 5.41) is 0.676. The summed E-state index contributed by atoms with van der Waals surface area (Å²) in [4.78, 5) is 6.61. The molecule has 1 aromatic heterocycles. The zero-order chi connectivity index (χ0) is 10.8. The third-order valence-electron chi connectivity index (χ3n) is 3.13. The second-order valence-corrected chi connectivity index (χ2v) is 4.53. The highest BCUT2D eigenvalue weighted by atomic mass is 35.5. The number of rotatable bonds is 2. The van der Waals surface area contributed by atoms with E-state index in [1.54, 1.807) is 6.20 Å². The summed E-state index contributed by atoms with van der Waals surface area (Å²) in [5.74, 6) is 1.63. The third-order valence-corrected chi connectivity index (χ3v) is 3.35. The first kappa shape index (κ1) is 10.7. The minimum Gasteiger partial charge on any atom is -0.352 e. The van der Waals surface area contributed by atoms with Crippen LogP contribution in [0.3, 0.4) is 0 Å². The van der Waals surface area contributed by atoms with Crippen LogP contribution in [0.5, 0.6) is 0 Å². The van der Waals surface area contributed by atoms with Crippen LogP contribution in [-0.4, -0.2) is 24.1 Å². The van der Waals surface area contributed by atoms with Gasteiger partial charge >= 0.3 is 0 Å². The number of nitrogens with zero attached hydrogens (tertiary/aromatic N) is 2. The van der Waals surface area contributed by atoms with Crippen molar-refractivity contribution in [3.05, 3.63) is 23.4 Å². The maximum atomic E-state index is 5.81. The molecule has 0 saturated carbocycles. The van der Waals surface area contributed by atoms with Crippen molar-refractivity contribution in [3.63, 3.8) is 0 Å². The molecule has 1 aromatic rings. The molecular formula is C11H16ClN3. The van der Waals surface area contributed by atoms with Gasteiger partial charge in [-0.05, 0) is 24.5 Å². The van der Waals surface area contributed by atoms with E-state index in [-0.39, 0.29) is 0 Å². The molecule has 3 nitrogen and oxygen atoms in total. The topological polar surface area (TPSA) is 42.2 Å². The monoisotopic (exact) mass is 225 g/mol. The summed E-state index contributed by atoms with van der Waals surface area (Å²) < 4.78 is 0. The van der Waals surface area contributed by atoms with Crippen molar-refractivity contribution in [2.24, 2.45) is 11.7 Å². The third kappa shape index (κ3) is 2.08. The summed E-state index contributed by atoms with van der Waals surface area (Å²) in [6.07, 6.45) is 2.87. The van der Waals surface area contributed by atoms with Gasteiger partial charge in [0.05, 0.1) is 5.02 Å². The van der Waals surface area contributed by atoms with Crippen molar-refractivity contribution in [1.82, 2.24) is 4.98 Å². The first-order valence-corrected chi connectivity index (χ1v) is 5.68. The van der Waals surface area contributed by atoms with Crippen LogP contribution in [-0.2, 0) is 0 Å². The van der Waals surface area contributed by atoms with Gasteiger partial charge in [-0.2, -0.15) is 0 Å². The molecule has 1 aliphatic heterocycles. The van der Waals surface area contributed by atoms with Gasteiger partial charge in [0.1, 0.15) is 5.82 Å². The van der Waals surface area contributed by atoms with Crippen LogP contribution in [0.1, 0.15) is 13.3 Å². The molecule has 1 fully saturated rings. The Hall–Kier alpha value is -0.800. The highest BCUT2D eigenvalue weighted by molar-refractivity contribution is 6.30. The fourth-order valence-electron chi connectivity index (χ4n) is 2.19. The average molecular weight is 226 g/mol. The van der Waals surface area contributed by atoms with E-state index in [4.69, 9.17) is 17.3 Å². The standard InChI is InChI=1S/C11H16ClN3/c1-8-4-5-15(10(8)6-13)11-3-2-9(12)7-14-11/h2-3,7-8,10H,4-6,13H2,1H3. The summed E-state index contributed by atoms with van der Waals surface area (Å²) in [6.45, 7) is 3.97.